The van der Waals surface area contributed by atoms with Crippen LogP contribution in [0.1, 0.15) is 35.0 Å². The number of nitrogens with zero attached hydrogens (tertiary/aromatic N) is 2. The largest absolute Gasteiger partial charge is 0.493 e. The molecule has 5 heteroatoms. The van der Waals surface area contributed by atoms with Crippen molar-refractivity contribution < 1.29 is 13.9 Å². The van der Waals surface area contributed by atoms with Crippen molar-refractivity contribution in [2.24, 2.45) is 0 Å². The first-order valence-electron chi connectivity index (χ1n) is 6.49. The van der Waals surface area contributed by atoms with Crippen LogP contribution in [0.3, 0.4) is 0 Å². The van der Waals surface area contributed by atoms with E-state index in [1.54, 1.807) is 17.7 Å². The predicted octanol–water partition coefficient (Wildman–Crippen LogP) is 2.98. The number of hydrogen-bond donors (Lipinski definition) is 0. The lowest BCUT2D eigenvalue weighted by atomic mass is 10.1. The van der Waals surface area contributed by atoms with Crippen LogP contribution < -0.4 is 4.74 Å². The molecule has 0 unspecified atom stereocenters. The van der Waals surface area contributed by atoms with Crippen LogP contribution in [0.25, 0.3) is 0 Å². The number of ketones is 1. The molecular weight excluding hydrogens is 259 g/mol. The third-order valence-corrected chi connectivity index (χ3v) is 3.05. The zero-order valence-corrected chi connectivity index (χ0v) is 11.8. The summed E-state index contributed by atoms with van der Waals surface area (Å²) in [4.78, 5) is 12.5. The van der Waals surface area contributed by atoms with Crippen molar-refractivity contribution in [3.63, 3.8) is 0 Å². The molecule has 0 radical (unpaired) electrons. The molecule has 0 aliphatic carbocycles. The summed E-state index contributed by atoms with van der Waals surface area (Å²) in [5.41, 5.74) is 1.09. The van der Waals surface area contributed by atoms with E-state index in [4.69, 9.17) is 4.74 Å². The van der Waals surface area contributed by atoms with Crippen molar-refractivity contribution in [3.8, 4) is 5.75 Å². The zero-order chi connectivity index (χ0) is 14.7. The number of rotatable bonds is 5. The van der Waals surface area contributed by atoms with Gasteiger partial charge >= 0.3 is 0 Å². The van der Waals surface area contributed by atoms with E-state index >= 15 is 0 Å². The molecule has 0 bridgehead atoms. The van der Waals surface area contributed by atoms with Crippen LogP contribution in [-0.2, 0) is 6.54 Å². The lowest BCUT2D eigenvalue weighted by Crippen LogP contribution is -2.14. The summed E-state index contributed by atoms with van der Waals surface area (Å²) in [5, 5.41) is 4.12. The number of carbonyl (C=O) groups is 1. The SMILES string of the molecule is CCCn1ncc(OC)c1C(=O)c1ccc(C)cc1F. The Morgan fingerprint density at radius 3 is 2.80 bits per heavy atom. The molecule has 0 spiro atoms. The molecular formula is C15H17FN2O2. The lowest BCUT2D eigenvalue weighted by Gasteiger charge is -2.08. The van der Waals surface area contributed by atoms with Gasteiger partial charge in [0.2, 0.25) is 5.78 Å². The van der Waals surface area contributed by atoms with Gasteiger partial charge in [-0.25, -0.2) is 4.39 Å². The summed E-state index contributed by atoms with van der Waals surface area (Å²) in [6.07, 6.45) is 2.30. The molecule has 0 N–H and O–H groups in total. The Labute approximate surface area is 117 Å². The van der Waals surface area contributed by atoms with Gasteiger partial charge in [-0.2, -0.15) is 5.10 Å². The third-order valence-electron chi connectivity index (χ3n) is 3.05. The van der Waals surface area contributed by atoms with E-state index < -0.39 is 11.6 Å². The number of aryl methyl sites for hydroxylation is 2. The number of methoxy groups -OCH3 is 1. The van der Waals surface area contributed by atoms with Gasteiger partial charge < -0.3 is 4.74 Å². The fourth-order valence-corrected chi connectivity index (χ4v) is 2.06. The highest BCUT2D eigenvalue weighted by Gasteiger charge is 2.23. The first-order valence-corrected chi connectivity index (χ1v) is 6.49. The Kier molecular flexibility index (Phi) is 4.17. The van der Waals surface area contributed by atoms with Crippen molar-refractivity contribution in [2.75, 3.05) is 7.11 Å². The molecule has 0 aliphatic rings. The molecule has 4 nitrogen and oxygen atoms in total. The van der Waals surface area contributed by atoms with Gasteiger partial charge in [-0.1, -0.05) is 13.0 Å². The molecule has 1 aromatic carbocycles. The molecule has 2 rings (SSSR count). The lowest BCUT2D eigenvalue weighted by molar-refractivity contribution is 0.102. The highest BCUT2D eigenvalue weighted by atomic mass is 19.1. The van der Waals surface area contributed by atoms with Gasteiger partial charge in [0.25, 0.3) is 0 Å². The molecule has 106 valence electrons. The minimum atomic E-state index is -0.527. The molecule has 1 aromatic heterocycles. The highest BCUT2D eigenvalue weighted by Crippen LogP contribution is 2.23. The fourth-order valence-electron chi connectivity index (χ4n) is 2.06. The second kappa shape index (κ2) is 5.86. The average molecular weight is 276 g/mol. The van der Waals surface area contributed by atoms with Crippen molar-refractivity contribution in [1.29, 1.82) is 0 Å². The van der Waals surface area contributed by atoms with Crippen LogP contribution in [0.15, 0.2) is 24.4 Å². The Hall–Kier alpha value is -2.17. The van der Waals surface area contributed by atoms with Crippen molar-refractivity contribution >= 4 is 5.78 Å². The number of hydrogen-bond acceptors (Lipinski definition) is 3. The summed E-state index contributed by atoms with van der Waals surface area (Å²) in [6, 6.07) is 4.55. The Balaban J connectivity index is 2.49. The van der Waals surface area contributed by atoms with Crippen LogP contribution in [0.4, 0.5) is 4.39 Å². The number of benzene rings is 1. The van der Waals surface area contributed by atoms with Gasteiger partial charge in [-0.3, -0.25) is 9.48 Å². The Morgan fingerprint density at radius 1 is 1.45 bits per heavy atom. The molecule has 0 atom stereocenters. The second-order valence-electron chi connectivity index (χ2n) is 4.60. The minimum Gasteiger partial charge on any atom is -0.493 e. The molecule has 0 saturated carbocycles. The van der Waals surface area contributed by atoms with Crippen molar-refractivity contribution in [3.05, 3.63) is 47.0 Å². The van der Waals surface area contributed by atoms with Crippen LogP contribution in [-0.4, -0.2) is 22.7 Å². The normalized spacial score (nSPS) is 10.6. The van der Waals surface area contributed by atoms with E-state index in [0.717, 1.165) is 12.0 Å². The topological polar surface area (TPSA) is 44.1 Å². The van der Waals surface area contributed by atoms with E-state index in [2.05, 4.69) is 5.10 Å². The van der Waals surface area contributed by atoms with Gasteiger partial charge in [-0.05, 0) is 31.0 Å². The van der Waals surface area contributed by atoms with Crippen molar-refractivity contribution in [2.45, 2.75) is 26.8 Å². The van der Waals surface area contributed by atoms with Gasteiger partial charge in [0.15, 0.2) is 11.4 Å². The summed E-state index contributed by atoms with van der Waals surface area (Å²) >= 11 is 0. The van der Waals surface area contributed by atoms with E-state index in [9.17, 15) is 9.18 Å². The van der Waals surface area contributed by atoms with Crippen LogP contribution >= 0.6 is 0 Å². The molecule has 0 saturated heterocycles. The summed E-state index contributed by atoms with van der Waals surface area (Å²) in [5.74, 6) is -0.574. The average Bonchev–Trinajstić information content (AvgIpc) is 2.81. The van der Waals surface area contributed by atoms with E-state index in [0.29, 0.717) is 12.3 Å². The molecule has 2 aromatic rings. The van der Waals surface area contributed by atoms with Gasteiger partial charge in [0.1, 0.15) is 5.82 Å². The number of halogens is 1. The van der Waals surface area contributed by atoms with Gasteiger partial charge in [0.05, 0.1) is 18.9 Å². The van der Waals surface area contributed by atoms with Gasteiger partial charge in [0, 0.05) is 6.54 Å². The second-order valence-corrected chi connectivity index (χ2v) is 4.60. The Morgan fingerprint density at radius 2 is 2.20 bits per heavy atom. The van der Waals surface area contributed by atoms with Gasteiger partial charge in [-0.15, -0.1) is 0 Å². The number of carbonyl (C=O) groups excluding carboxylic acids is 1. The standard InChI is InChI=1S/C15H17FN2O2/c1-4-7-18-14(13(20-3)9-17-18)15(19)11-6-5-10(2)8-12(11)16/h5-6,8-9H,4,7H2,1-3H3. The molecule has 0 aliphatic heterocycles. The fraction of sp³-hybridized carbons (Fsp3) is 0.333. The molecule has 0 amide bonds. The first kappa shape index (κ1) is 14.2. The Bertz CT molecular complexity index is 635. The van der Waals surface area contributed by atoms with Crippen LogP contribution in [0.2, 0.25) is 0 Å². The van der Waals surface area contributed by atoms with Crippen molar-refractivity contribution in [1.82, 2.24) is 9.78 Å². The predicted molar refractivity (Wildman–Crippen MR) is 73.6 cm³/mol. The highest BCUT2D eigenvalue weighted by molar-refractivity contribution is 6.09. The molecule has 1 heterocycles. The summed E-state index contributed by atoms with van der Waals surface area (Å²) in [7, 11) is 1.47. The first-order chi connectivity index (χ1) is 9.58. The number of ether oxygens (including phenoxy) is 1. The smallest absolute Gasteiger partial charge is 0.217 e. The number of aromatic nitrogens is 2. The van der Waals surface area contributed by atoms with Crippen LogP contribution in [0, 0.1) is 12.7 Å². The maximum Gasteiger partial charge on any atom is 0.217 e. The van der Waals surface area contributed by atoms with E-state index in [1.807, 2.05) is 6.92 Å². The van der Waals surface area contributed by atoms with E-state index in [1.165, 1.54) is 25.4 Å². The zero-order valence-electron chi connectivity index (χ0n) is 11.8. The quantitative estimate of drug-likeness (QED) is 0.789. The summed E-state index contributed by atoms with van der Waals surface area (Å²) in [6.45, 7) is 4.34. The van der Waals surface area contributed by atoms with E-state index in [-0.39, 0.29) is 11.3 Å². The maximum absolute atomic E-state index is 14.0. The monoisotopic (exact) mass is 276 g/mol. The maximum atomic E-state index is 14.0. The minimum absolute atomic E-state index is 0.0340. The molecule has 0 fully saturated rings. The molecule has 20 heavy (non-hydrogen) atoms. The summed E-state index contributed by atoms with van der Waals surface area (Å²) < 4.78 is 20.7. The van der Waals surface area contributed by atoms with Crippen LogP contribution in [0.5, 0.6) is 5.75 Å². The third kappa shape index (κ3) is 2.57.